The lowest BCUT2D eigenvalue weighted by Gasteiger charge is -2.35. The summed E-state index contributed by atoms with van der Waals surface area (Å²) in [6.07, 6.45) is 4.08. The Hall–Kier alpha value is -3.22. The van der Waals surface area contributed by atoms with Gasteiger partial charge in [-0.25, -0.2) is 18.1 Å². The van der Waals surface area contributed by atoms with E-state index in [1.54, 1.807) is 0 Å². The van der Waals surface area contributed by atoms with Crippen molar-refractivity contribution in [2.24, 2.45) is 5.73 Å². The van der Waals surface area contributed by atoms with Crippen molar-refractivity contribution in [3.63, 3.8) is 0 Å². The first-order valence-electron chi connectivity index (χ1n) is 14.2. The molecule has 2 aromatic heterocycles. The third-order valence-electron chi connectivity index (χ3n) is 8.33. The quantitative estimate of drug-likeness (QED) is 0.483. The summed E-state index contributed by atoms with van der Waals surface area (Å²) in [5.74, 6) is 1.55. The van der Waals surface area contributed by atoms with Crippen molar-refractivity contribution in [3.05, 3.63) is 53.7 Å². The number of carbonyl (C=O) groups excluding carboxylic acids is 1. The third kappa shape index (κ3) is 5.52. The molecule has 2 bridgehead atoms. The average molecular weight is 567 g/mol. The molecule has 0 aliphatic carbocycles. The molecular weight excluding hydrogens is 528 g/mol. The van der Waals surface area contributed by atoms with Crippen molar-refractivity contribution in [2.45, 2.75) is 56.7 Å². The molecule has 0 radical (unpaired) electrons. The molecule has 12 heteroatoms. The van der Waals surface area contributed by atoms with Crippen LogP contribution in [0.2, 0.25) is 0 Å². The van der Waals surface area contributed by atoms with Crippen LogP contribution in [0.4, 0.5) is 11.6 Å². The van der Waals surface area contributed by atoms with Crippen molar-refractivity contribution < 1.29 is 13.2 Å². The zero-order valence-corrected chi connectivity index (χ0v) is 23.8. The van der Waals surface area contributed by atoms with Gasteiger partial charge >= 0.3 is 0 Å². The topological polar surface area (TPSA) is 129 Å². The lowest BCUT2D eigenvalue weighted by atomic mass is 9.97. The van der Waals surface area contributed by atoms with Gasteiger partial charge in [-0.05, 0) is 37.7 Å². The number of anilines is 2. The summed E-state index contributed by atoms with van der Waals surface area (Å²) in [6.45, 7) is 2.71. The molecule has 3 atom stereocenters. The maximum atomic E-state index is 13.8. The van der Waals surface area contributed by atoms with Crippen LogP contribution in [0.25, 0.3) is 5.65 Å². The number of sulfonamides is 1. The minimum Gasteiger partial charge on any atom is -0.359 e. The Kier molecular flexibility index (Phi) is 7.41. The van der Waals surface area contributed by atoms with Crippen LogP contribution in [-0.2, 0) is 14.8 Å². The number of rotatable bonds is 2. The fourth-order valence-electron chi connectivity index (χ4n) is 6.18. The summed E-state index contributed by atoms with van der Waals surface area (Å²) in [5.41, 5.74) is 8.51. The van der Waals surface area contributed by atoms with Gasteiger partial charge in [-0.2, -0.15) is 9.61 Å². The van der Waals surface area contributed by atoms with E-state index in [-0.39, 0.29) is 30.2 Å². The van der Waals surface area contributed by atoms with E-state index in [0.29, 0.717) is 19.5 Å². The van der Waals surface area contributed by atoms with Gasteiger partial charge in [-0.1, -0.05) is 30.3 Å². The van der Waals surface area contributed by atoms with Crippen molar-refractivity contribution in [1.82, 2.24) is 24.2 Å². The van der Waals surface area contributed by atoms with Gasteiger partial charge in [0.05, 0.1) is 23.5 Å². The van der Waals surface area contributed by atoms with Gasteiger partial charge in [-0.3, -0.25) is 4.79 Å². The maximum Gasteiger partial charge on any atom is 0.225 e. The Bertz CT molecular complexity index is 1480. The van der Waals surface area contributed by atoms with Gasteiger partial charge in [0.15, 0.2) is 5.65 Å². The maximum absolute atomic E-state index is 13.8. The number of carbonyl (C=O) groups is 1. The van der Waals surface area contributed by atoms with Crippen molar-refractivity contribution in [2.75, 3.05) is 48.8 Å². The smallest absolute Gasteiger partial charge is 0.225 e. The average Bonchev–Trinajstić information content (AvgIpc) is 3.58. The van der Waals surface area contributed by atoms with Crippen LogP contribution >= 0.6 is 0 Å². The molecule has 214 valence electrons. The highest BCUT2D eigenvalue weighted by Crippen LogP contribution is 2.34. The van der Waals surface area contributed by atoms with E-state index in [0.717, 1.165) is 67.3 Å². The molecular formula is C28H38N8O3S. The SMILES string of the molecule is CN1CCCS(=O)(=O)NC(c2ccccc2)CC(=O)N2CCCCC2c2cc3nc(N4CCC(N)C4)cc1n3n2. The summed E-state index contributed by atoms with van der Waals surface area (Å²) >= 11 is 0. The molecule has 2 saturated heterocycles. The molecule has 5 heterocycles. The molecule has 3 aromatic rings. The number of benzene rings is 1. The number of amides is 1. The number of fused-ring (bicyclic) bond motifs is 3. The standard InChI is InChI=1S/C28H38N8O3S/c1-33-12-7-15-40(38,39)32-22(20-8-3-2-4-9-20)17-28(37)35-13-6-5-10-24(35)23-16-26-30-25(18-27(33)36(26)31-23)34-14-11-21(29)19-34/h2-4,8-9,16,18,21-22,24,32H,5-7,10-15,17,19,29H2,1H3. The fraction of sp³-hybridized carbons (Fsp3) is 0.536. The Morgan fingerprint density at radius 1 is 1.02 bits per heavy atom. The summed E-state index contributed by atoms with van der Waals surface area (Å²) in [4.78, 5) is 24.9. The monoisotopic (exact) mass is 566 g/mol. The Morgan fingerprint density at radius 3 is 2.62 bits per heavy atom. The fourth-order valence-corrected chi connectivity index (χ4v) is 7.46. The van der Waals surface area contributed by atoms with Crippen molar-refractivity contribution >= 4 is 33.2 Å². The lowest BCUT2D eigenvalue weighted by Crippen LogP contribution is -2.41. The zero-order valence-electron chi connectivity index (χ0n) is 22.9. The van der Waals surface area contributed by atoms with Crippen molar-refractivity contribution in [3.8, 4) is 0 Å². The molecule has 40 heavy (non-hydrogen) atoms. The summed E-state index contributed by atoms with van der Waals surface area (Å²) in [6, 6.07) is 12.7. The van der Waals surface area contributed by atoms with Crippen LogP contribution in [-0.4, -0.2) is 78.8 Å². The molecule has 0 saturated carbocycles. The van der Waals surface area contributed by atoms with Gasteiger partial charge in [0.1, 0.15) is 11.6 Å². The minimum atomic E-state index is -3.64. The Labute approximate surface area is 235 Å². The molecule has 3 aliphatic heterocycles. The van der Waals surface area contributed by atoms with E-state index in [1.165, 1.54) is 0 Å². The van der Waals surface area contributed by atoms with Gasteiger partial charge in [0.25, 0.3) is 0 Å². The second kappa shape index (κ2) is 11.0. The van der Waals surface area contributed by atoms with Crippen LogP contribution < -0.4 is 20.3 Å². The molecule has 11 nitrogen and oxygen atoms in total. The third-order valence-corrected chi connectivity index (χ3v) is 9.80. The highest BCUT2D eigenvalue weighted by Gasteiger charge is 2.33. The lowest BCUT2D eigenvalue weighted by molar-refractivity contribution is -0.135. The number of aromatic nitrogens is 3. The van der Waals surface area contributed by atoms with E-state index in [2.05, 4.69) is 9.62 Å². The van der Waals surface area contributed by atoms with Crippen LogP contribution in [0.3, 0.4) is 0 Å². The van der Waals surface area contributed by atoms with Gasteiger partial charge in [0, 0.05) is 57.8 Å². The van der Waals surface area contributed by atoms with Crippen LogP contribution in [0, 0.1) is 0 Å². The predicted molar refractivity (Wildman–Crippen MR) is 155 cm³/mol. The minimum absolute atomic E-state index is 0.0480. The summed E-state index contributed by atoms with van der Waals surface area (Å²) in [7, 11) is -1.69. The van der Waals surface area contributed by atoms with Gasteiger partial charge < -0.3 is 20.4 Å². The van der Waals surface area contributed by atoms with Crippen LogP contribution in [0.5, 0.6) is 0 Å². The summed E-state index contributed by atoms with van der Waals surface area (Å²) < 4.78 is 31.2. The van der Waals surface area contributed by atoms with E-state index in [4.69, 9.17) is 15.8 Å². The number of hydrogen-bond donors (Lipinski definition) is 2. The van der Waals surface area contributed by atoms with Crippen LogP contribution in [0.15, 0.2) is 42.5 Å². The number of nitrogens with zero attached hydrogens (tertiary/aromatic N) is 6. The Morgan fingerprint density at radius 2 is 1.85 bits per heavy atom. The predicted octanol–water partition coefficient (Wildman–Crippen LogP) is 2.21. The second-order valence-corrected chi connectivity index (χ2v) is 13.2. The normalized spacial score (nSPS) is 26.1. The highest BCUT2D eigenvalue weighted by atomic mass is 32.2. The second-order valence-electron chi connectivity index (χ2n) is 11.3. The molecule has 1 aromatic carbocycles. The highest BCUT2D eigenvalue weighted by molar-refractivity contribution is 7.89. The van der Waals surface area contributed by atoms with Gasteiger partial charge in [-0.15, -0.1) is 0 Å². The molecule has 3 aliphatic rings. The molecule has 0 spiro atoms. The molecule has 3 N–H and O–H groups in total. The first-order chi connectivity index (χ1) is 19.3. The van der Waals surface area contributed by atoms with Crippen LogP contribution in [0.1, 0.15) is 61.9 Å². The molecule has 2 fully saturated rings. The number of nitrogens with two attached hydrogens (primary N) is 1. The molecule has 6 rings (SSSR count). The first-order valence-corrected chi connectivity index (χ1v) is 15.9. The van der Waals surface area contributed by atoms with E-state index in [9.17, 15) is 13.2 Å². The number of nitrogens with one attached hydrogen (secondary N) is 1. The first kappa shape index (κ1) is 27.0. The largest absolute Gasteiger partial charge is 0.359 e. The Balaban J connectivity index is 1.42. The van der Waals surface area contributed by atoms with Gasteiger partial charge in [0.2, 0.25) is 15.9 Å². The molecule has 3 unspecified atom stereocenters. The van der Waals surface area contributed by atoms with E-state index in [1.807, 2.05) is 63.8 Å². The van der Waals surface area contributed by atoms with E-state index >= 15 is 0 Å². The summed E-state index contributed by atoms with van der Waals surface area (Å²) in [5, 5.41) is 5.00. The zero-order chi connectivity index (χ0) is 27.9. The van der Waals surface area contributed by atoms with E-state index < -0.39 is 16.1 Å². The number of piperidine rings is 1. The van der Waals surface area contributed by atoms with Crippen molar-refractivity contribution in [1.29, 1.82) is 0 Å². The molecule has 1 amide bonds. The number of hydrogen-bond acceptors (Lipinski definition) is 8.